The summed E-state index contributed by atoms with van der Waals surface area (Å²) in [6, 6.07) is 6.05. The van der Waals surface area contributed by atoms with Crippen molar-refractivity contribution in [1.82, 2.24) is 0 Å². The fourth-order valence-corrected chi connectivity index (χ4v) is 3.67. The number of hydrogen-bond acceptors (Lipinski definition) is 2. The summed E-state index contributed by atoms with van der Waals surface area (Å²) in [4.78, 5) is 12.5. The van der Waals surface area contributed by atoms with E-state index in [0.29, 0.717) is 5.92 Å². The highest BCUT2D eigenvalue weighted by Crippen LogP contribution is 2.52. The number of benzene rings is 1. The minimum atomic E-state index is -0.656. The highest BCUT2D eigenvalue weighted by Gasteiger charge is 2.53. The van der Waals surface area contributed by atoms with Crippen molar-refractivity contribution in [2.45, 2.75) is 61.2 Å². The second kappa shape index (κ2) is 4.86. The average molecular weight is 276 g/mol. The van der Waals surface area contributed by atoms with Gasteiger partial charge in [0.05, 0.1) is 5.41 Å². The zero-order valence-electron chi connectivity index (χ0n) is 11.1. The number of hydrogen-bond donors (Lipinski definition) is 2. The third-order valence-electron chi connectivity index (χ3n) is 4.76. The minimum absolute atomic E-state index is 0.535. The van der Waals surface area contributed by atoms with E-state index in [2.05, 4.69) is 18.7 Å². The lowest BCUT2D eigenvalue weighted by Gasteiger charge is -2.26. The second-order valence-corrected chi connectivity index (χ2v) is 6.51. The number of thiol groups is 1. The smallest absolute Gasteiger partial charge is 0.314 e. The molecule has 0 spiro atoms. The van der Waals surface area contributed by atoms with Crippen LogP contribution in [0.4, 0.5) is 0 Å². The van der Waals surface area contributed by atoms with Crippen LogP contribution in [-0.4, -0.2) is 11.1 Å². The minimum Gasteiger partial charge on any atom is -0.481 e. The Labute approximate surface area is 119 Å². The normalized spacial score (nSPS) is 22.2. The van der Waals surface area contributed by atoms with Crippen molar-refractivity contribution in [1.29, 1.82) is 0 Å². The van der Waals surface area contributed by atoms with Gasteiger partial charge in [-0.1, -0.05) is 25.3 Å². The zero-order chi connectivity index (χ0) is 13.5. The molecular formula is C16H20O2S. The summed E-state index contributed by atoms with van der Waals surface area (Å²) in [5, 5.41) is 9.53. The predicted octanol–water partition coefficient (Wildman–Crippen LogP) is 4.14. The number of rotatable bonds is 3. The summed E-state index contributed by atoms with van der Waals surface area (Å²) in [6.45, 7) is 0. The maximum atomic E-state index is 11.6. The van der Waals surface area contributed by atoms with Crippen LogP contribution in [-0.2, 0) is 10.2 Å². The summed E-state index contributed by atoms with van der Waals surface area (Å²) in [5.74, 6) is -0.121. The lowest BCUT2D eigenvalue weighted by molar-refractivity contribution is -0.140. The Balaban J connectivity index is 2.02. The van der Waals surface area contributed by atoms with Crippen molar-refractivity contribution in [3.63, 3.8) is 0 Å². The summed E-state index contributed by atoms with van der Waals surface area (Å²) in [5.41, 5.74) is 1.73. The summed E-state index contributed by atoms with van der Waals surface area (Å²) in [6.07, 6.45) is 7.81. The third kappa shape index (κ3) is 2.29. The summed E-state index contributed by atoms with van der Waals surface area (Å²) < 4.78 is 0. The van der Waals surface area contributed by atoms with E-state index in [1.165, 1.54) is 37.7 Å². The first-order valence-electron chi connectivity index (χ1n) is 7.20. The molecule has 0 bridgehead atoms. The van der Waals surface area contributed by atoms with Gasteiger partial charge in [0.2, 0.25) is 0 Å². The highest BCUT2D eigenvalue weighted by molar-refractivity contribution is 7.80. The number of aliphatic carboxylic acids is 1. The molecule has 102 valence electrons. The van der Waals surface area contributed by atoms with Gasteiger partial charge in [0.1, 0.15) is 0 Å². The molecule has 0 atom stereocenters. The first-order valence-corrected chi connectivity index (χ1v) is 7.65. The van der Waals surface area contributed by atoms with Gasteiger partial charge < -0.3 is 5.11 Å². The van der Waals surface area contributed by atoms with Crippen LogP contribution in [0.3, 0.4) is 0 Å². The van der Waals surface area contributed by atoms with Gasteiger partial charge in [-0.3, -0.25) is 4.79 Å². The monoisotopic (exact) mass is 276 g/mol. The van der Waals surface area contributed by atoms with Crippen LogP contribution in [0.25, 0.3) is 0 Å². The molecule has 1 N–H and O–H groups in total. The molecule has 0 heterocycles. The fraction of sp³-hybridized carbons (Fsp3) is 0.562. The van der Waals surface area contributed by atoms with Crippen molar-refractivity contribution in [3.05, 3.63) is 29.3 Å². The summed E-state index contributed by atoms with van der Waals surface area (Å²) >= 11 is 4.44. The maximum Gasteiger partial charge on any atom is 0.314 e. The van der Waals surface area contributed by atoms with Crippen molar-refractivity contribution in [2.24, 2.45) is 0 Å². The Kier molecular flexibility index (Phi) is 3.34. The fourth-order valence-electron chi connectivity index (χ4n) is 3.46. The zero-order valence-corrected chi connectivity index (χ0v) is 12.0. The first-order chi connectivity index (χ1) is 9.13. The molecule has 0 saturated heterocycles. The van der Waals surface area contributed by atoms with Gasteiger partial charge in [-0.2, -0.15) is 0 Å². The van der Waals surface area contributed by atoms with E-state index in [0.717, 1.165) is 23.3 Å². The van der Waals surface area contributed by atoms with Crippen LogP contribution in [0.15, 0.2) is 23.1 Å². The molecule has 2 saturated carbocycles. The molecule has 3 heteroatoms. The first kappa shape index (κ1) is 13.0. The van der Waals surface area contributed by atoms with E-state index < -0.39 is 11.4 Å². The molecule has 0 unspecified atom stereocenters. The molecule has 0 radical (unpaired) electrons. The van der Waals surface area contributed by atoms with Crippen LogP contribution in [0, 0.1) is 0 Å². The predicted molar refractivity (Wildman–Crippen MR) is 78.1 cm³/mol. The molecule has 19 heavy (non-hydrogen) atoms. The van der Waals surface area contributed by atoms with Crippen LogP contribution in [0.1, 0.15) is 62.0 Å². The van der Waals surface area contributed by atoms with Gasteiger partial charge in [-0.25, -0.2) is 0 Å². The van der Waals surface area contributed by atoms with E-state index in [4.69, 9.17) is 0 Å². The number of carboxylic acid groups (broad SMARTS) is 1. The largest absolute Gasteiger partial charge is 0.481 e. The van der Waals surface area contributed by atoms with E-state index in [-0.39, 0.29) is 0 Å². The Morgan fingerprint density at radius 2 is 1.89 bits per heavy atom. The highest BCUT2D eigenvalue weighted by atomic mass is 32.1. The lowest BCUT2D eigenvalue weighted by atomic mass is 9.78. The van der Waals surface area contributed by atoms with E-state index in [9.17, 15) is 9.90 Å². The Morgan fingerprint density at radius 1 is 1.21 bits per heavy atom. The topological polar surface area (TPSA) is 37.3 Å². The molecule has 1 aromatic carbocycles. The standard InChI is InChI=1S/C16H20O2S/c17-15(18)16(8-9-16)14-7-6-12(19)10-13(14)11-4-2-1-3-5-11/h6-7,10-11,19H,1-5,8-9H2,(H,17,18). The second-order valence-electron chi connectivity index (χ2n) is 5.99. The lowest BCUT2D eigenvalue weighted by Crippen LogP contribution is -2.22. The average Bonchev–Trinajstić information content (AvgIpc) is 3.21. The van der Waals surface area contributed by atoms with Crippen LogP contribution in [0.5, 0.6) is 0 Å². The Hall–Kier alpha value is -0.960. The molecule has 0 aromatic heterocycles. The van der Waals surface area contributed by atoms with Crippen LogP contribution in [0.2, 0.25) is 0 Å². The summed E-state index contributed by atoms with van der Waals surface area (Å²) in [7, 11) is 0. The van der Waals surface area contributed by atoms with Crippen molar-refractivity contribution in [2.75, 3.05) is 0 Å². The third-order valence-corrected chi connectivity index (χ3v) is 5.03. The molecule has 2 aliphatic carbocycles. The molecule has 3 rings (SSSR count). The maximum absolute atomic E-state index is 11.6. The van der Waals surface area contributed by atoms with Gasteiger partial charge in [0.15, 0.2) is 0 Å². The number of carbonyl (C=O) groups is 1. The van der Waals surface area contributed by atoms with E-state index >= 15 is 0 Å². The Bertz CT molecular complexity index is 499. The quantitative estimate of drug-likeness (QED) is 0.814. The van der Waals surface area contributed by atoms with Gasteiger partial charge in [-0.05, 0) is 54.9 Å². The molecule has 1 aromatic rings. The van der Waals surface area contributed by atoms with Crippen molar-refractivity contribution >= 4 is 18.6 Å². The van der Waals surface area contributed by atoms with Gasteiger partial charge >= 0.3 is 5.97 Å². The molecule has 0 aliphatic heterocycles. The van der Waals surface area contributed by atoms with Crippen LogP contribution < -0.4 is 0 Å². The molecule has 2 fully saturated rings. The van der Waals surface area contributed by atoms with Crippen LogP contribution >= 0.6 is 12.6 Å². The number of carboxylic acids is 1. The SMILES string of the molecule is O=C(O)C1(c2ccc(S)cc2C2CCCCC2)CC1. The van der Waals surface area contributed by atoms with E-state index in [1.54, 1.807) is 0 Å². The molecule has 2 nitrogen and oxygen atoms in total. The van der Waals surface area contributed by atoms with Crippen molar-refractivity contribution in [3.8, 4) is 0 Å². The molecular weight excluding hydrogens is 256 g/mol. The van der Waals surface area contributed by atoms with Crippen molar-refractivity contribution < 1.29 is 9.90 Å². The molecule has 0 amide bonds. The van der Waals surface area contributed by atoms with Gasteiger partial charge in [-0.15, -0.1) is 12.6 Å². The molecule has 2 aliphatic rings. The van der Waals surface area contributed by atoms with E-state index in [1.807, 2.05) is 12.1 Å². The van der Waals surface area contributed by atoms with Gasteiger partial charge in [0.25, 0.3) is 0 Å². The Morgan fingerprint density at radius 3 is 2.47 bits per heavy atom. The van der Waals surface area contributed by atoms with Gasteiger partial charge in [0, 0.05) is 4.90 Å².